The van der Waals surface area contributed by atoms with E-state index in [2.05, 4.69) is 26.5 Å². The number of nitriles is 2. The van der Waals surface area contributed by atoms with Crippen LogP contribution in [0.3, 0.4) is 0 Å². The van der Waals surface area contributed by atoms with Crippen molar-refractivity contribution >= 4 is 17.3 Å². The number of nitrogen functional groups attached to an aromatic ring is 1. The molecule has 4 rings (SSSR count). The van der Waals surface area contributed by atoms with E-state index in [-0.39, 0.29) is 28.7 Å². The number of aryl methyl sites for hydroxylation is 1. The summed E-state index contributed by atoms with van der Waals surface area (Å²) in [5.41, 5.74) is 8.97. The Morgan fingerprint density at radius 3 is 2.25 bits per heavy atom. The van der Waals surface area contributed by atoms with Crippen molar-refractivity contribution in [1.82, 2.24) is 19.7 Å². The molecule has 4 aromatic rings. The Labute approximate surface area is 184 Å². The van der Waals surface area contributed by atoms with Crippen molar-refractivity contribution in [2.75, 3.05) is 18.2 Å². The lowest BCUT2D eigenvalue weighted by Crippen LogP contribution is -2.11. The molecular weight excluding hydrogens is 404 g/mol. The second-order valence-corrected chi connectivity index (χ2v) is 6.80. The summed E-state index contributed by atoms with van der Waals surface area (Å²) >= 11 is 0. The third-order valence-electron chi connectivity index (χ3n) is 4.81. The lowest BCUT2D eigenvalue weighted by atomic mass is 10.1. The molecule has 3 N–H and O–H groups in total. The average molecular weight is 422 g/mol. The van der Waals surface area contributed by atoms with Gasteiger partial charge < -0.3 is 15.8 Å². The minimum atomic E-state index is 0.129. The Morgan fingerprint density at radius 2 is 1.66 bits per heavy atom. The van der Waals surface area contributed by atoms with E-state index in [1.165, 1.54) is 4.68 Å². The van der Waals surface area contributed by atoms with Gasteiger partial charge in [-0.1, -0.05) is 30.3 Å². The van der Waals surface area contributed by atoms with E-state index in [9.17, 15) is 10.5 Å². The molecule has 9 heteroatoms. The molecule has 0 aliphatic heterocycles. The highest BCUT2D eigenvalue weighted by atomic mass is 16.5. The number of nitrogens with zero attached hydrogens (tertiary/aromatic N) is 6. The molecule has 0 aliphatic carbocycles. The maximum atomic E-state index is 9.94. The van der Waals surface area contributed by atoms with E-state index >= 15 is 0 Å². The predicted molar refractivity (Wildman–Crippen MR) is 119 cm³/mol. The maximum Gasteiger partial charge on any atom is 0.255 e. The van der Waals surface area contributed by atoms with Gasteiger partial charge >= 0.3 is 0 Å². The van der Waals surface area contributed by atoms with Crippen LogP contribution in [-0.2, 0) is 0 Å². The number of anilines is 3. The second kappa shape index (κ2) is 8.46. The number of ether oxygens (including phenoxy) is 1. The van der Waals surface area contributed by atoms with Crippen molar-refractivity contribution in [2.24, 2.45) is 0 Å². The van der Waals surface area contributed by atoms with Gasteiger partial charge in [0.1, 0.15) is 34.8 Å². The van der Waals surface area contributed by atoms with Crippen molar-refractivity contribution in [3.05, 3.63) is 71.4 Å². The number of hydrogen-bond acceptors (Lipinski definition) is 8. The molecular formula is C23H18N8O. The third-order valence-corrected chi connectivity index (χ3v) is 4.81. The van der Waals surface area contributed by atoms with Crippen LogP contribution in [0.15, 0.2) is 54.6 Å². The summed E-state index contributed by atoms with van der Waals surface area (Å²) in [7, 11) is 1.59. The van der Waals surface area contributed by atoms with Crippen LogP contribution in [0.2, 0.25) is 0 Å². The van der Waals surface area contributed by atoms with E-state index in [4.69, 9.17) is 10.5 Å². The molecule has 0 fully saturated rings. The second-order valence-electron chi connectivity index (χ2n) is 6.80. The smallest absolute Gasteiger partial charge is 0.255 e. The first-order chi connectivity index (χ1) is 15.5. The van der Waals surface area contributed by atoms with Crippen molar-refractivity contribution in [3.8, 4) is 35.1 Å². The van der Waals surface area contributed by atoms with Gasteiger partial charge in [-0.3, -0.25) is 0 Å². The Kier molecular flexibility index (Phi) is 5.39. The van der Waals surface area contributed by atoms with Crippen LogP contribution in [0.4, 0.5) is 17.3 Å². The Hall–Kier alpha value is -4.89. The van der Waals surface area contributed by atoms with Gasteiger partial charge in [-0.2, -0.15) is 25.3 Å². The number of rotatable bonds is 5. The highest BCUT2D eigenvalue weighted by Crippen LogP contribution is 2.30. The van der Waals surface area contributed by atoms with Crippen molar-refractivity contribution in [2.45, 2.75) is 6.92 Å². The normalized spacial score (nSPS) is 10.2. The summed E-state index contributed by atoms with van der Waals surface area (Å²) in [4.78, 5) is 9.10. The molecule has 156 valence electrons. The van der Waals surface area contributed by atoms with Crippen LogP contribution >= 0.6 is 0 Å². The van der Waals surface area contributed by atoms with Gasteiger partial charge in [-0.25, -0.2) is 4.98 Å². The number of nitrogens with two attached hydrogens (primary N) is 1. The van der Waals surface area contributed by atoms with Crippen LogP contribution in [0.25, 0.3) is 17.2 Å². The quantitative estimate of drug-likeness (QED) is 0.496. The molecule has 0 amide bonds. The van der Waals surface area contributed by atoms with E-state index in [1.54, 1.807) is 26.2 Å². The van der Waals surface area contributed by atoms with Crippen molar-refractivity contribution in [3.63, 3.8) is 0 Å². The number of nitrogens with one attached hydrogen (secondary N) is 1. The molecule has 2 heterocycles. The van der Waals surface area contributed by atoms with Crippen LogP contribution in [0, 0.1) is 29.6 Å². The Balaban J connectivity index is 1.92. The fourth-order valence-corrected chi connectivity index (χ4v) is 3.19. The highest BCUT2D eigenvalue weighted by molar-refractivity contribution is 5.76. The van der Waals surface area contributed by atoms with Crippen LogP contribution in [0.5, 0.6) is 5.75 Å². The number of aromatic nitrogens is 4. The van der Waals surface area contributed by atoms with Gasteiger partial charge in [0, 0.05) is 11.3 Å². The van der Waals surface area contributed by atoms with Crippen LogP contribution < -0.4 is 15.8 Å². The van der Waals surface area contributed by atoms with Gasteiger partial charge in [0.2, 0.25) is 0 Å². The first-order valence-electron chi connectivity index (χ1n) is 9.60. The van der Waals surface area contributed by atoms with Gasteiger partial charge in [0.05, 0.1) is 18.5 Å². The largest absolute Gasteiger partial charge is 0.497 e. The van der Waals surface area contributed by atoms with Crippen molar-refractivity contribution < 1.29 is 4.74 Å². The van der Waals surface area contributed by atoms with Crippen molar-refractivity contribution in [1.29, 1.82) is 10.5 Å². The molecule has 0 aliphatic rings. The molecule has 2 aromatic carbocycles. The molecule has 0 saturated carbocycles. The first-order valence-corrected chi connectivity index (χ1v) is 9.60. The van der Waals surface area contributed by atoms with E-state index < -0.39 is 0 Å². The predicted octanol–water partition coefficient (Wildman–Crippen LogP) is 3.72. The minimum absolute atomic E-state index is 0.129. The number of hydrogen-bond donors (Lipinski definition) is 2. The third kappa shape index (κ3) is 3.66. The highest BCUT2D eigenvalue weighted by Gasteiger charge is 2.21. The fourth-order valence-electron chi connectivity index (χ4n) is 3.19. The molecule has 32 heavy (non-hydrogen) atoms. The zero-order valence-electron chi connectivity index (χ0n) is 17.4. The molecule has 9 nitrogen and oxygen atoms in total. The zero-order chi connectivity index (χ0) is 22.7. The van der Waals surface area contributed by atoms with Crippen LogP contribution in [0.1, 0.15) is 16.8 Å². The summed E-state index contributed by atoms with van der Waals surface area (Å²) in [6.45, 7) is 1.68. The van der Waals surface area contributed by atoms with Gasteiger partial charge in [0.15, 0.2) is 5.82 Å². The number of methoxy groups -OCH3 is 1. The minimum Gasteiger partial charge on any atom is -0.497 e. The topological polar surface area (TPSA) is 138 Å². The summed E-state index contributed by atoms with van der Waals surface area (Å²) in [5.74, 6) is 1.26. The molecule has 0 atom stereocenters. The summed E-state index contributed by atoms with van der Waals surface area (Å²) in [6.07, 6.45) is 0. The average Bonchev–Trinajstić information content (AvgIpc) is 3.12. The van der Waals surface area contributed by atoms with E-state index in [0.717, 1.165) is 5.56 Å². The Bertz CT molecular complexity index is 1360. The molecule has 0 bridgehead atoms. The van der Waals surface area contributed by atoms with E-state index in [1.807, 2.05) is 48.5 Å². The van der Waals surface area contributed by atoms with Gasteiger partial charge in [0.25, 0.3) is 5.95 Å². The first kappa shape index (κ1) is 20.4. The van der Waals surface area contributed by atoms with Crippen LogP contribution in [-0.4, -0.2) is 26.9 Å². The lowest BCUT2D eigenvalue weighted by molar-refractivity contribution is 0.415. The summed E-state index contributed by atoms with van der Waals surface area (Å²) < 4.78 is 6.50. The zero-order valence-corrected chi connectivity index (χ0v) is 17.4. The van der Waals surface area contributed by atoms with Gasteiger partial charge in [-0.15, -0.1) is 0 Å². The standard InChI is InChI=1S/C23H18N8O/c1-14-18(12-24)21(26)31(30-14)23-28-20(15-6-4-3-5-7-15)19(13-25)22(29-23)27-16-8-10-17(32-2)11-9-16/h3-11H,26H2,1-2H3,(H,27,28,29). The molecule has 2 aromatic heterocycles. The summed E-state index contributed by atoms with van der Waals surface area (Å²) in [5, 5.41) is 26.8. The summed E-state index contributed by atoms with van der Waals surface area (Å²) in [6, 6.07) is 20.7. The molecule has 0 spiro atoms. The lowest BCUT2D eigenvalue weighted by Gasteiger charge is -2.14. The van der Waals surface area contributed by atoms with Gasteiger partial charge in [-0.05, 0) is 31.2 Å². The molecule has 0 unspecified atom stereocenters. The fraction of sp³-hybridized carbons (Fsp3) is 0.0870. The Morgan fingerprint density at radius 1 is 0.969 bits per heavy atom. The molecule has 0 radical (unpaired) electrons. The number of benzene rings is 2. The monoisotopic (exact) mass is 422 g/mol. The van der Waals surface area contributed by atoms with E-state index in [0.29, 0.717) is 22.8 Å². The molecule has 0 saturated heterocycles. The SMILES string of the molecule is COc1ccc(Nc2nc(-n3nc(C)c(C#N)c3N)nc(-c3ccccc3)c2C#N)cc1. The maximum absolute atomic E-state index is 9.94.